The lowest BCUT2D eigenvalue weighted by Gasteiger charge is -2.36. The molecule has 3 heterocycles. The number of ether oxygens (including phenoxy) is 2. The van der Waals surface area contributed by atoms with Gasteiger partial charge in [0.25, 0.3) is 0 Å². The van der Waals surface area contributed by atoms with E-state index in [2.05, 4.69) is 11.4 Å². The lowest BCUT2D eigenvalue weighted by Crippen LogP contribution is -2.35. The predicted octanol–water partition coefficient (Wildman–Crippen LogP) is 5.92. The van der Waals surface area contributed by atoms with Crippen molar-refractivity contribution in [2.45, 2.75) is 38.2 Å². The van der Waals surface area contributed by atoms with Crippen LogP contribution in [0.3, 0.4) is 0 Å². The van der Waals surface area contributed by atoms with Gasteiger partial charge in [0, 0.05) is 40.1 Å². The van der Waals surface area contributed by atoms with Gasteiger partial charge >= 0.3 is 5.97 Å². The lowest BCUT2D eigenvalue weighted by molar-refractivity contribution is -0.140. The monoisotopic (exact) mass is 491 g/mol. The fraction of sp³-hybridized carbons (Fsp3) is 0.259. The molecule has 1 aliphatic carbocycles. The van der Waals surface area contributed by atoms with E-state index < -0.39 is 11.9 Å². The van der Waals surface area contributed by atoms with Gasteiger partial charge in [-0.15, -0.1) is 11.3 Å². The second kappa shape index (κ2) is 9.60. The van der Waals surface area contributed by atoms with E-state index in [9.17, 15) is 9.59 Å². The number of hydrogen-bond donors (Lipinski definition) is 1. The van der Waals surface area contributed by atoms with Crippen LogP contribution in [0.5, 0.6) is 5.75 Å². The summed E-state index contributed by atoms with van der Waals surface area (Å²) < 4.78 is 10.9. The molecule has 2 aliphatic rings. The van der Waals surface area contributed by atoms with Gasteiger partial charge < -0.3 is 14.8 Å². The molecule has 5 rings (SSSR count). The van der Waals surface area contributed by atoms with Gasteiger partial charge in [-0.1, -0.05) is 18.2 Å². The van der Waals surface area contributed by atoms with Crippen molar-refractivity contribution in [1.29, 1.82) is 0 Å². The zero-order valence-electron chi connectivity index (χ0n) is 19.0. The molecular formula is C27H25NO4S2. The number of rotatable bonds is 6. The van der Waals surface area contributed by atoms with Crippen LogP contribution in [0.4, 0.5) is 0 Å². The molecule has 0 saturated carbocycles. The van der Waals surface area contributed by atoms with Gasteiger partial charge in [0.05, 0.1) is 12.7 Å². The third kappa shape index (κ3) is 4.33. The second-order valence-electron chi connectivity index (χ2n) is 8.51. The fourth-order valence-electron chi connectivity index (χ4n) is 4.76. The highest BCUT2D eigenvalue weighted by Crippen LogP contribution is 2.46. The average Bonchev–Trinajstić information content (AvgIpc) is 3.56. The molecule has 5 nitrogen and oxygen atoms in total. The van der Waals surface area contributed by atoms with Crippen LogP contribution in [0, 0.1) is 0 Å². The number of dihydropyridines is 1. The SMILES string of the molecule is COc1ccc(COC(=O)C2=C(C)NC3=C(C(=O)CC(c4cccs4)C3)C2c2ccsc2)cc1. The summed E-state index contributed by atoms with van der Waals surface area (Å²) in [5.74, 6) is 0.188. The molecule has 174 valence electrons. The molecule has 0 saturated heterocycles. The van der Waals surface area contributed by atoms with Gasteiger partial charge in [0.15, 0.2) is 5.78 Å². The molecule has 3 aromatic rings. The quantitative estimate of drug-likeness (QED) is 0.434. The number of methoxy groups -OCH3 is 1. The van der Waals surface area contributed by atoms with Crippen molar-refractivity contribution in [2.24, 2.45) is 0 Å². The first-order valence-electron chi connectivity index (χ1n) is 11.1. The number of thiophene rings is 2. The molecule has 1 N–H and O–H groups in total. The molecule has 0 spiro atoms. The first-order valence-corrected chi connectivity index (χ1v) is 13.0. The van der Waals surface area contributed by atoms with E-state index in [1.54, 1.807) is 29.8 Å². The van der Waals surface area contributed by atoms with Gasteiger partial charge in [0.2, 0.25) is 0 Å². The molecule has 7 heteroatoms. The third-order valence-electron chi connectivity index (χ3n) is 6.40. The van der Waals surface area contributed by atoms with E-state index in [1.165, 1.54) is 4.88 Å². The van der Waals surface area contributed by atoms with Crippen molar-refractivity contribution in [2.75, 3.05) is 7.11 Å². The number of Topliss-reactive ketones (excluding diaryl/α,β-unsaturated/α-hetero) is 1. The van der Waals surface area contributed by atoms with Gasteiger partial charge in [-0.05, 0) is 64.9 Å². The summed E-state index contributed by atoms with van der Waals surface area (Å²) in [6, 6.07) is 13.5. The number of carbonyl (C=O) groups excluding carboxylic acids is 2. The van der Waals surface area contributed by atoms with Gasteiger partial charge in [-0.3, -0.25) is 4.79 Å². The van der Waals surface area contributed by atoms with Crippen LogP contribution < -0.4 is 10.1 Å². The Hall–Kier alpha value is -3.16. The topological polar surface area (TPSA) is 64.6 Å². The Balaban J connectivity index is 1.43. The van der Waals surface area contributed by atoms with Gasteiger partial charge in [0.1, 0.15) is 12.4 Å². The normalized spacial score (nSPS) is 20.1. The first kappa shape index (κ1) is 22.6. The van der Waals surface area contributed by atoms with E-state index in [1.807, 2.05) is 59.5 Å². The lowest BCUT2D eigenvalue weighted by atomic mass is 9.73. The van der Waals surface area contributed by atoms with Crippen molar-refractivity contribution in [3.63, 3.8) is 0 Å². The highest BCUT2D eigenvalue weighted by Gasteiger charge is 2.41. The van der Waals surface area contributed by atoms with E-state index in [4.69, 9.17) is 9.47 Å². The number of esters is 1. The van der Waals surface area contributed by atoms with Crippen molar-refractivity contribution >= 4 is 34.4 Å². The number of nitrogens with one attached hydrogen (secondary N) is 1. The van der Waals surface area contributed by atoms with Crippen LogP contribution in [0.15, 0.2) is 81.1 Å². The van der Waals surface area contributed by atoms with Crippen LogP contribution in [-0.2, 0) is 20.9 Å². The van der Waals surface area contributed by atoms with Crippen LogP contribution >= 0.6 is 22.7 Å². The molecule has 1 aliphatic heterocycles. The zero-order chi connectivity index (χ0) is 23.7. The van der Waals surface area contributed by atoms with Crippen molar-refractivity contribution < 1.29 is 19.1 Å². The number of ketones is 1. The maximum Gasteiger partial charge on any atom is 0.337 e. The van der Waals surface area contributed by atoms with Crippen LogP contribution in [0.1, 0.15) is 47.6 Å². The highest BCUT2D eigenvalue weighted by molar-refractivity contribution is 7.10. The highest BCUT2D eigenvalue weighted by atomic mass is 32.1. The summed E-state index contributed by atoms with van der Waals surface area (Å²) in [6.45, 7) is 2.04. The average molecular weight is 492 g/mol. The Kier molecular flexibility index (Phi) is 6.39. The number of hydrogen-bond acceptors (Lipinski definition) is 7. The third-order valence-corrected chi connectivity index (χ3v) is 8.13. The first-order chi connectivity index (χ1) is 16.5. The van der Waals surface area contributed by atoms with Crippen molar-refractivity contribution in [3.05, 3.63) is 97.1 Å². The Morgan fingerprint density at radius 2 is 1.94 bits per heavy atom. The van der Waals surface area contributed by atoms with E-state index in [-0.39, 0.29) is 18.3 Å². The van der Waals surface area contributed by atoms with E-state index in [0.717, 1.165) is 34.7 Å². The number of benzene rings is 1. The Bertz CT molecular complexity index is 1250. The van der Waals surface area contributed by atoms with Crippen molar-refractivity contribution in [3.8, 4) is 5.75 Å². The molecule has 2 atom stereocenters. The van der Waals surface area contributed by atoms with Crippen LogP contribution in [-0.4, -0.2) is 18.9 Å². The van der Waals surface area contributed by atoms with Gasteiger partial charge in [-0.2, -0.15) is 11.3 Å². The predicted molar refractivity (Wildman–Crippen MR) is 134 cm³/mol. The number of allylic oxidation sites excluding steroid dienone is 3. The minimum absolute atomic E-state index is 0.0938. The van der Waals surface area contributed by atoms with Crippen molar-refractivity contribution in [1.82, 2.24) is 5.32 Å². The fourth-order valence-corrected chi connectivity index (χ4v) is 6.27. The Morgan fingerprint density at radius 3 is 2.62 bits per heavy atom. The maximum absolute atomic E-state index is 13.5. The molecule has 34 heavy (non-hydrogen) atoms. The summed E-state index contributed by atoms with van der Waals surface area (Å²) >= 11 is 3.25. The molecule has 2 aromatic heterocycles. The standard InChI is InChI=1S/C27H25NO4S2/c1-16-24(27(30)32-14-17-5-7-20(31-2)8-6-17)25(18-9-11-33-15-18)26-21(28-16)12-19(13-22(26)29)23-4-3-10-34-23/h3-11,15,19,25,28H,12-14H2,1-2H3. The summed E-state index contributed by atoms with van der Waals surface area (Å²) in [7, 11) is 1.61. The number of carbonyl (C=O) groups is 2. The molecule has 0 amide bonds. The van der Waals surface area contributed by atoms with Crippen LogP contribution in [0.25, 0.3) is 0 Å². The largest absolute Gasteiger partial charge is 0.497 e. The second-order valence-corrected chi connectivity index (χ2v) is 10.3. The molecular weight excluding hydrogens is 466 g/mol. The maximum atomic E-state index is 13.5. The molecule has 1 aromatic carbocycles. The zero-order valence-corrected chi connectivity index (χ0v) is 20.6. The van der Waals surface area contributed by atoms with E-state index in [0.29, 0.717) is 17.6 Å². The molecule has 0 radical (unpaired) electrons. The minimum atomic E-state index is -0.414. The smallest absolute Gasteiger partial charge is 0.337 e. The summed E-state index contributed by atoms with van der Waals surface area (Å²) in [4.78, 5) is 28.1. The summed E-state index contributed by atoms with van der Waals surface area (Å²) in [5, 5.41) is 9.45. The molecule has 0 bridgehead atoms. The van der Waals surface area contributed by atoms with E-state index >= 15 is 0 Å². The minimum Gasteiger partial charge on any atom is -0.497 e. The van der Waals surface area contributed by atoms with Crippen LogP contribution in [0.2, 0.25) is 0 Å². The molecule has 0 fully saturated rings. The Labute approximate surface area is 206 Å². The summed E-state index contributed by atoms with van der Waals surface area (Å²) in [5.41, 5.74) is 4.71. The van der Waals surface area contributed by atoms with Gasteiger partial charge in [-0.25, -0.2) is 4.79 Å². The molecule has 2 unspecified atom stereocenters. The summed E-state index contributed by atoms with van der Waals surface area (Å²) in [6.07, 6.45) is 1.21. The Morgan fingerprint density at radius 1 is 1.12 bits per heavy atom.